The lowest BCUT2D eigenvalue weighted by Crippen LogP contribution is -2.41. The Kier molecular flexibility index (Phi) is 5.41. The summed E-state index contributed by atoms with van der Waals surface area (Å²) in [5.41, 5.74) is 2.70. The Bertz CT molecular complexity index is 432. The second-order valence-corrected chi connectivity index (χ2v) is 5.37. The summed E-state index contributed by atoms with van der Waals surface area (Å²) in [6.07, 6.45) is 2.62. The van der Waals surface area contributed by atoms with E-state index in [-0.39, 0.29) is 0 Å². The van der Waals surface area contributed by atoms with E-state index < -0.39 is 0 Å². The van der Waals surface area contributed by atoms with Crippen molar-refractivity contribution in [2.75, 3.05) is 33.7 Å². The van der Waals surface area contributed by atoms with Crippen molar-refractivity contribution in [3.8, 4) is 0 Å². The van der Waals surface area contributed by atoms with E-state index in [1.807, 2.05) is 7.05 Å². The molecule has 1 atom stereocenters. The number of guanidine groups is 1. The first-order valence-corrected chi connectivity index (χ1v) is 7.43. The molecule has 0 unspecified atom stereocenters. The van der Waals surface area contributed by atoms with Gasteiger partial charge in [-0.1, -0.05) is 29.8 Å². The van der Waals surface area contributed by atoms with Gasteiger partial charge in [-0.05, 0) is 38.4 Å². The molecule has 1 aromatic rings. The van der Waals surface area contributed by atoms with Crippen molar-refractivity contribution in [1.82, 2.24) is 15.5 Å². The summed E-state index contributed by atoms with van der Waals surface area (Å²) in [5, 5.41) is 6.49. The highest BCUT2D eigenvalue weighted by molar-refractivity contribution is 5.79. The van der Waals surface area contributed by atoms with Crippen LogP contribution in [-0.4, -0.2) is 44.6 Å². The lowest BCUT2D eigenvalue weighted by atomic mass is 10.0. The molecule has 1 saturated heterocycles. The third-order valence-corrected chi connectivity index (χ3v) is 3.97. The summed E-state index contributed by atoms with van der Waals surface area (Å²) in [5.74, 6) is 0.848. The standard InChI is InChI=1S/C16H26N4/c1-13-6-8-14(9-7-13)15(20-10-4-5-11-20)12-19-16(17-2)18-3/h6-9,15H,4-5,10-12H2,1-3H3,(H2,17,18,19)/t15-/m0/s1. The van der Waals surface area contributed by atoms with Crippen LogP contribution in [0.1, 0.15) is 30.0 Å². The molecular weight excluding hydrogens is 248 g/mol. The molecule has 2 rings (SSSR count). The minimum atomic E-state index is 0.420. The van der Waals surface area contributed by atoms with Crippen LogP contribution in [0.15, 0.2) is 29.3 Å². The Labute approximate surface area is 122 Å². The number of hydrogen-bond acceptors (Lipinski definition) is 2. The number of nitrogens with zero attached hydrogens (tertiary/aromatic N) is 2. The maximum absolute atomic E-state index is 4.19. The molecule has 0 amide bonds. The fraction of sp³-hybridized carbons (Fsp3) is 0.562. The number of benzene rings is 1. The zero-order valence-corrected chi connectivity index (χ0v) is 12.8. The smallest absolute Gasteiger partial charge is 0.190 e. The molecule has 110 valence electrons. The Hall–Kier alpha value is -1.55. The van der Waals surface area contributed by atoms with Crippen molar-refractivity contribution in [3.63, 3.8) is 0 Å². The van der Waals surface area contributed by atoms with Crippen molar-refractivity contribution >= 4 is 5.96 Å². The normalized spacial score (nSPS) is 18.1. The Balaban J connectivity index is 2.10. The molecule has 0 bridgehead atoms. The SMILES string of the molecule is CN=C(NC)NC[C@@H](c1ccc(C)cc1)N1CCCC1. The zero-order valence-electron chi connectivity index (χ0n) is 12.8. The van der Waals surface area contributed by atoms with Crippen LogP contribution in [0, 0.1) is 6.92 Å². The van der Waals surface area contributed by atoms with Crippen molar-refractivity contribution in [3.05, 3.63) is 35.4 Å². The van der Waals surface area contributed by atoms with E-state index in [4.69, 9.17) is 0 Å². The van der Waals surface area contributed by atoms with Crippen molar-refractivity contribution in [2.24, 2.45) is 4.99 Å². The van der Waals surface area contributed by atoms with Gasteiger partial charge in [-0.3, -0.25) is 9.89 Å². The van der Waals surface area contributed by atoms with Crippen LogP contribution in [-0.2, 0) is 0 Å². The highest BCUT2D eigenvalue weighted by Gasteiger charge is 2.23. The second kappa shape index (κ2) is 7.29. The summed E-state index contributed by atoms with van der Waals surface area (Å²) in [6.45, 7) is 5.41. The van der Waals surface area contributed by atoms with E-state index in [9.17, 15) is 0 Å². The van der Waals surface area contributed by atoms with E-state index in [1.54, 1.807) is 7.05 Å². The maximum atomic E-state index is 4.19. The van der Waals surface area contributed by atoms with Crippen molar-refractivity contribution in [2.45, 2.75) is 25.8 Å². The van der Waals surface area contributed by atoms with Crippen molar-refractivity contribution in [1.29, 1.82) is 0 Å². The molecule has 1 aromatic carbocycles. The monoisotopic (exact) mass is 274 g/mol. The largest absolute Gasteiger partial charge is 0.359 e. The van der Waals surface area contributed by atoms with E-state index >= 15 is 0 Å². The van der Waals surface area contributed by atoms with Gasteiger partial charge < -0.3 is 10.6 Å². The molecule has 2 N–H and O–H groups in total. The molecule has 0 aromatic heterocycles. The van der Waals surface area contributed by atoms with Gasteiger partial charge in [0.05, 0.1) is 6.04 Å². The number of aryl methyl sites for hydroxylation is 1. The first-order chi connectivity index (χ1) is 9.74. The third-order valence-electron chi connectivity index (χ3n) is 3.97. The summed E-state index contributed by atoms with van der Waals surface area (Å²) < 4.78 is 0. The molecule has 0 spiro atoms. The van der Waals surface area contributed by atoms with Crippen LogP contribution >= 0.6 is 0 Å². The summed E-state index contributed by atoms with van der Waals surface area (Å²) in [4.78, 5) is 6.76. The molecule has 0 radical (unpaired) electrons. The van der Waals surface area contributed by atoms with Crippen LogP contribution in [0.4, 0.5) is 0 Å². The first kappa shape index (κ1) is 14.9. The van der Waals surface area contributed by atoms with E-state index in [1.165, 1.54) is 37.1 Å². The zero-order chi connectivity index (χ0) is 14.4. The first-order valence-electron chi connectivity index (χ1n) is 7.43. The molecule has 1 aliphatic heterocycles. The van der Waals surface area contributed by atoms with Gasteiger partial charge in [0, 0.05) is 20.6 Å². The van der Waals surface area contributed by atoms with Crippen LogP contribution < -0.4 is 10.6 Å². The number of likely N-dealkylation sites (tertiary alicyclic amines) is 1. The highest BCUT2D eigenvalue weighted by atomic mass is 15.2. The Morgan fingerprint density at radius 1 is 1.25 bits per heavy atom. The molecular formula is C16H26N4. The Morgan fingerprint density at radius 3 is 2.45 bits per heavy atom. The lowest BCUT2D eigenvalue weighted by Gasteiger charge is -2.28. The van der Waals surface area contributed by atoms with Crippen LogP contribution in [0.25, 0.3) is 0 Å². The predicted molar refractivity (Wildman–Crippen MR) is 85.1 cm³/mol. The predicted octanol–water partition coefficient (Wildman–Crippen LogP) is 1.93. The molecule has 1 fully saturated rings. The van der Waals surface area contributed by atoms with E-state index in [0.717, 1.165) is 12.5 Å². The average molecular weight is 274 g/mol. The molecule has 0 aliphatic carbocycles. The molecule has 20 heavy (non-hydrogen) atoms. The number of rotatable bonds is 4. The van der Waals surface area contributed by atoms with Gasteiger partial charge in [0.2, 0.25) is 0 Å². The molecule has 4 nitrogen and oxygen atoms in total. The van der Waals surface area contributed by atoms with Crippen LogP contribution in [0.2, 0.25) is 0 Å². The fourth-order valence-electron chi connectivity index (χ4n) is 2.77. The molecule has 4 heteroatoms. The number of aliphatic imine (C=N–C) groups is 1. The summed E-state index contributed by atoms with van der Waals surface area (Å²) in [6, 6.07) is 9.32. The lowest BCUT2D eigenvalue weighted by molar-refractivity contribution is 0.245. The van der Waals surface area contributed by atoms with Gasteiger partial charge >= 0.3 is 0 Å². The Morgan fingerprint density at radius 2 is 1.90 bits per heavy atom. The average Bonchev–Trinajstić information content (AvgIpc) is 2.99. The van der Waals surface area contributed by atoms with Gasteiger partial charge in [0.1, 0.15) is 0 Å². The van der Waals surface area contributed by atoms with E-state index in [0.29, 0.717) is 6.04 Å². The van der Waals surface area contributed by atoms with Gasteiger partial charge in [-0.2, -0.15) is 0 Å². The number of nitrogens with one attached hydrogen (secondary N) is 2. The highest BCUT2D eigenvalue weighted by Crippen LogP contribution is 2.24. The number of hydrogen-bond donors (Lipinski definition) is 2. The van der Waals surface area contributed by atoms with Crippen LogP contribution in [0.3, 0.4) is 0 Å². The quantitative estimate of drug-likeness (QED) is 0.651. The minimum Gasteiger partial charge on any atom is -0.359 e. The molecule has 1 heterocycles. The maximum Gasteiger partial charge on any atom is 0.190 e. The topological polar surface area (TPSA) is 39.7 Å². The van der Waals surface area contributed by atoms with Crippen molar-refractivity contribution < 1.29 is 0 Å². The van der Waals surface area contributed by atoms with E-state index in [2.05, 4.69) is 51.7 Å². The third kappa shape index (κ3) is 3.73. The van der Waals surface area contributed by atoms with Gasteiger partial charge in [0.15, 0.2) is 5.96 Å². The second-order valence-electron chi connectivity index (χ2n) is 5.37. The fourth-order valence-corrected chi connectivity index (χ4v) is 2.77. The van der Waals surface area contributed by atoms with Gasteiger partial charge in [-0.25, -0.2) is 0 Å². The molecule has 0 saturated carbocycles. The van der Waals surface area contributed by atoms with Gasteiger partial charge in [0.25, 0.3) is 0 Å². The summed E-state index contributed by atoms with van der Waals surface area (Å²) in [7, 11) is 3.70. The molecule has 1 aliphatic rings. The summed E-state index contributed by atoms with van der Waals surface area (Å²) >= 11 is 0. The minimum absolute atomic E-state index is 0.420. The van der Waals surface area contributed by atoms with Crippen LogP contribution in [0.5, 0.6) is 0 Å². The van der Waals surface area contributed by atoms with Gasteiger partial charge in [-0.15, -0.1) is 0 Å².